The van der Waals surface area contributed by atoms with Crippen molar-refractivity contribution in [3.8, 4) is 11.4 Å². The number of hydrogen-bond donors (Lipinski definition) is 2. The molecule has 11 nitrogen and oxygen atoms in total. The Kier molecular flexibility index (Phi) is 5.48. The minimum atomic E-state index is -3.57. The number of para-hydroxylation sites is 2. The van der Waals surface area contributed by atoms with E-state index in [9.17, 15) is 22.0 Å². The number of pyridine rings is 1. The third-order valence-corrected chi connectivity index (χ3v) is 7.33. The normalized spacial score (nSPS) is 15.4. The summed E-state index contributed by atoms with van der Waals surface area (Å²) in [5.74, 6) is -1.85. The summed E-state index contributed by atoms with van der Waals surface area (Å²) in [5.41, 5.74) is -0.157. The molecular weight excluding hydrogens is 520 g/mol. The molecule has 6 rings (SSSR count). The summed E-state index contributed by atoms with van der Waals surface area (Å²) in [6.07, 6.45) is 3.24. The van der Waals surface area contributed by atoms with Gasteiger partial charge < -0.3 is 10.1 Å². The highest BCUT2D eigenvalue weighted by molar-refractivity contribution is 7.92. The second kappa shape index (κ2) is 8.76. The first-order valence-electron chi connectivity index (χ1n) is 11.4. The molecule has 14 heteroatoms. The minimum Gasteiger partial charge on any atom is -0.484 e. The van der Waals surface area contributed by atoms with Crippen molar-refractivity contribution < 1.29 is 21.9 Å². The lowest BCUT2D eigenvalue weighted by Gasteiger charge is -2.34. The van der Waals surface area contributed by atoms with E-state index in [1.807, 2.05) is 0 Å². The van der Waals surface area contributed by atoms with Crippen molar-refractivity contribution >= 4 is 43.6 Å². The molecule has 3 aromatic heterocycles. The summed E-state index contributed by atoms with van der Waals surface area (Å²) in [7, 11) is -3.57. The van der Waals surface area contributed by atoms with Gasteiger partial charge in [0.15, 0.2) is 17.3 Å². The van der Waals surface area contributed by atoms with E-state index in [0.29, 0.717) is 22.3 Å². The van der Waals surface area contributed by atoms with Gasteiger partial charge in [-0.2, -0.15) is 10.1 Å². The van der Waals surface area contributed by atoms with Gasteiger partial charge in [0.25, 0.3) is 5.56 Å². The van der Waals surface area contributed by atoms with Gasteiger partial charge in [0.2, 0.25) is 16.0 Å². The van der Waals surface area contributed by atoms with E-state index in [1.165, 1.54) is 28.8 Å². The van der Waals surface area contributed by atoms with Gasteiger partial charge in [0, 0.05) is 6.20 Å². The number of nitrogens with one attached hydrogen (secondary N) is 2. The van der Waals surface area contributed by atoms with Crippen LogP contribution in [0.1, 0.15) is 0 Å². The molecule has 0 fully saturated rings. The van der Waals surface area contributed by atoms with Crippen LogP contribution in [0.3, 0.4) is 0 Å². The molecule has 1 aliphatic heterocycles. The van der Waals surface area contributed by atoms with Crippen LogP contribution in [0, 0.1) is 11.6 Å². The van der Waals surface area contributed by atoms with Gasteiger partial charge in [0.1, 0.15) is 11.9 Å². The molecule has 1 aliphatic rings. The summed E-state index contributed by atoms with van der Waals surface area (Å²) in [6, 6.07) is 10.3. The van der Waals surface area contributed by atoms with Crippen molar-refractivity contribution in [2.75, 3.05) is 29.0 Å². The molecule has 38 heavy (non-hydrogen) atoms. The standard InChI is InChI=1S/C24H19F2N7O4S/c1-38(35,36)32-12-13(37-19-8-3-2-6-17(19)32)9-27-24-28-10-14-21-15(11-29-31-21)23(34)33(22(14)30-24)18-7-4-5-16(25)20(18)26/h2-8,10-11,13H,9,12H2,1H3,(H,29,31)(H,27,28,30)/t13-/m0/s1. The highest BCUT2D eigenvalue weighted by Gasteiger charge is 2.31. The first kappa shape index (κ1) is 23.8. The molecule has 5 aromatic rings. The SMILES string of the molecule is CS(=O)(=O)N1C[C@H](CNc2ncc3c4[nH]ncc4c(=O)n(-c4cccc(F)c4F)c3n2)Oc2ccccc21. The van der Waals surface area contributed by atoms with Crippen LogP contribution in [-0.4, -0.2) is 58.6 Å². The number of nitrogens with zero attached hydrogens (tertiary/aromatic N) is 5. The van der Waals surface area contributed by atoms with Gasteiger partial charge >= 0.3 is 0 Å². The van der Waals surface area contributed by atoms with Gasteiger partial charge in [-0.15, -0.1) is 0 Å². The van der Waals surface area contributed by atoms with E-state index in [0.717, 1.165) is 16.9 Å². The molecule has 0 saturated carbocycles. The maximum atomic E-state index is 14.8. The van der Waals surface area contributed by atoms with Crippen LogP contribution in [0.5, 0.6) is 5.75 Å². The van der Waals surface area contributed by atoms with E-state index in [4.69, 9.17) is 4.74 Å². The van der Waals surface area contributed by atoms with Crippen molar-refractivity contribution in [3.63, 3.8) is 0 Å². The summed E-state index contributed by atoms with van der Waals surface area (Å²) in [5, 5.41) is 10.1. The van der Waals surface area contributed by atoms with Crippen LogP contribution < -0.4 is 19.9 Å². The van der Waals surface area contributed by atoms with Crippen LogP contribution in [0.25, 0.3) is 27.6 Å². The number of hydrogen-bond acceptors (Lipinski definition) is 8. The average Bonchev–Trinajstić information content (AvgIpc) is 3.39. The number of rotatable bonds is 5. The predicted octanol–water partition coefficient (Wildman–Crippen LogP) is 2.57. The van der Waals surface area contributed by atoms with Crippen molar-refractivity contribution in [2.45, 2.75) is 6.10 Å². The molecule has 194 valence electrons. The average molecular weight is 540 g/mol. The number of aromatic amines is 1. The van der Waals surface area contributed by atoms with Gasteiger partial charge in [-0.3, -0.25) is 18.8 Å². The summed E-state index contributed by atoms with van der Waals surface area (Å²) in [4.78, 5) is 22.0. The van der Waals surface area contributed by atoms with E-state index < -0.39 is 33.3 Å². The van der Waals surface area contributed by atoms with Crippen molar-refractivity contribution in [3.05, 3.63) is 76.8 Å². The van der Waals surface area contributed by atoms with E-state index >= 15 is 0 Å². The molecule has 0 radical (unpaired) electrons. The molecule has 4 heterocycles. The lowest BCUT2D eigenvalue weighted by molar-refractivity contribution is 0.212. The fourth-order valence-electron chi connectivity index (χ4n) is 4.45. The molecule has 0 bridgehead atoms. The van der Waals surface area contributed by atoms with Crippen LogP contribution >= 0.6 is 0 Å². The lowest BCUT2D eigenvalue weighted by atomic mass is 10.2. The second-order valence-electron chi connectivity index (χ2n) is 8.69. The topological polar surface area (TPSA) is 135 Å². The maximum absolute atomic E-state index is 14.8. The Balaban J connectivity index is 1.39. The smallest absolute Gasteiger partial charge is 0.267 e. The zero-order chi connectivity index (χ0) is 26.6. The third kappa shape index (κ3) is 3.89. The molecule has 0 spiro atoms. The second-order valence-corrected chi connectivity index (χ2v) is 10.6. The summed E-state index contributed by atoms with van der Waals surface area (Å²) < 4.78 is 61.8. The molecular formula is C24H19F2N7O4S. The van der Waals surface area contributed by atoms with Gasteiger partial charge in [-0.05, 0) is 24.3 Å². The molecule has 1 atom stereocenters. The zero-order valence-corrected chi connectivity index (χ0v) is 20.5. The number of halogens is 2. The Hall–Kier alpha value is -4.59. The number of anilines is 2. The lowest BCUT2D eigenvalue weighted by Crippen LogP contribution is -2.46. The molecule has 0 saturated heterocycles. The van der Waals surface area contributed by atoms with E-state index in [-0.39, 0.29) is 35.8 Å². The third-order valence-electron chi connectivity index (χ3n) is 6.18. The number of ether oxygens (including phenoxy) is 1. The van der Waals surface area contributed by atoms with Crippen molar-refractivity contribution in [1.82, 2.24) is 24.7 Å². The number of H-pyrrole nitrogens is 1. The fraction of sp³-hybridized carbons (Fsp3) is 0.167. The summed E-state index contributed by atoms with van der Waals surface area (Å²) >= 11 is 0. The Bertz CT molecular complexity index is 1890. The zero-order valence-electron chi connectivity index (χ0n) is 19.7. The van der Waals surface area contributed by atoms with Crippen LogP contribution in [0.2, 0.25) is 0 Å². The van der Waals surface area contributed by atoms with Crippen molar-refractivity contribution in [1.29, 1.82) is 0 Å². The van der Waals surface area contributed by atoms with Gasteiger partial charge in [0.05, 0.1) is 53.2 Å². The highest BCUT2D eigenvalue weighted by atomic mass is 32.2. The number of sulfonamides is 1. The maximum Gasteiger partial charge on any atom is 0.267 e. The van der Waals surface area contributed by atoms with Gasteiger partial charge in [-0.1, -0.05) is 18.2 Å². The monoisotopic (exact) mass is 539 g/mol. The fourth-order valence-corrected chi connectivity index (χ4v) is 5.40. The molecule has 0 aliphatic carbocycles. The number of fused-ring (bicyclic) bond motifs is 4. The van der Waals surface area contributed by atoms with Crippen LogP contribution in [0.4, 0.5) is 20.4 Å². The van der Waals surface area contributed by atoms with Crippen LogP contribution in [-0.2, 0) is 10.0 Å². The van der Waals surface area contributed by atoms with Crippen molar-refractivity contribution in [2.24, 2.45) is 0 Å². The quantitative estimate of drug-likeness (QED) is 0.348. The molecule has 2 N–H and O–H groups in total. The molecule has 0 amide bonds. The summed E-state index contributed by atoms with van der Waals surface area (Å²) in [6.45, 7) is 0.154. The largest absolute Gasteiger partial charge is 0.484 e. The Morgan fingerprint density at radius 3 is 2.71 bits per heavy atom. The van der Waals surface area contributed by atoms with Crippen LogP contribution in [0.15, 0.2) is 59.7 Å². The molecule has 0 unspecified atom stereocenters. The number of benzene rings is 2. The Morgan fingerprint density at radius 2 is 1.89 bits per heavy atom. The Labute approximate surface area is 213 Å². The minimum absolute atomic E-state index is 0.0152. The Morgan fingerprint density at radius 1 is 1.11 bits per heavy atom. The first-order chi connectivity index (χ1) is 18.2. The van der Waals surface area contributed by atoms with E-state index in [1.54, 1.807) is 24.3 Å². The van der Waals surface area contributed by atoms with E-state index in [2.05, 4.69) is 25.5 Å². The van der Waals surface area contributed by atoms with Gasteiger partial charge in [-0.25, -0.2) is 22.2 Å². The predicted molar refractivity (Wildman–Crippen MR) is 136 cm³/mol. The molecule has 2 aromatic carbocycles. The first-order valence-corrected chi connectivity index (χ1v) is 13.2. The number of aromatic nitrogens is 5. The highest BCUT2D eigenvalue weighted by Crippen LogP contribution is 2.34.